The first kappa shape index (κ1) is 11.5. The molecule has 17 heavy (non-hydrogen) atoms. The summed E-state index contributed by atoms with van der Waals surface area (Å²) in [6.45, 7) is 0. The molecule has 0 unspecified atom stereocenters. The molecule has 1 amide bonds. The Bertz CT molecular complexity index is 537. The molecule has 0 saturated heterocycles. The fraction of sp³-hybridized carbons (Fsp3) is 0.0833. The van der Waals surface area contributed by atoms with Crippen molar-refractivity contribution >= 4 is 28.6 Å². The van der Waals surface area contributed by atoms with Crippen LogP contribution in [0.25, 0.3) is 0 Å². The first-order valence-electron chi connectivity index (χ1n) is 4.98. The molecule has 2 aromatic rings. The van der Waals surface area contributed by atoms with Gasteiger partial charge in [0.15, 0.2) is 0 Å². The molecule has 0 atom stereocenters. The zero-order valence-corrected chi connectivity index (χ0v) is 10.1. The van der Waals surface area contributed by atoms with E-state index in [1.807, 2.05) is 0 Å². The number of carbonyl (C=O) groups is 1. The molecular formula is C12H12N2O2S. The number of hydrogen-bond donors (Lipinski definition) is 2. The summed E-state index contributed by atoms with van der Waals surface area (Å²) in [5.74, 6) is 0.525. The second-order valence-corrected chi connectivity index (χ2v) is 4.34. The standard InChI is InChI=1S/C12H12N2O2S/c1-16-10-6-11(17-7-10)12(15)14-9-4-2-3-8(13)5-9/h2-7H,13H2,1H3,(H,14,15). The average Bonchev–Trinajstić information content (AvgIpc) is 2.77. The molecule has 5 heteroatoms. The minimum absolute atomic E-state index is 0.163. The third-order valence-corrected chi connectivity index (χ3v) is 3.09. The zero-order chi connectivity index (χ0) is 12.3. The van der Waals surface area contributed by atoms with E-state index in [-0.39, 0.29) is 5.91 Å². The van der Waals surface area contributed by atoms with Gasteiger partial charge >= 0.3 is 0 Å². The lowest BCUT2D eigenvalue weighted by Crippen LogP contribution is -2.10. The van der Waals surface area contributed by atoms with Crippen molar-refractivity contribution < 1.29 is 9.53 Å². The number of methoxy groups -OCH3 is 1. The largest absolute Gasteiger partial charge is 0.496 e. The van der Waals surface area contributed by atoms with Gasteiger partial charge in [0.25, 0.3) is 5.91 Å². The Morgan fingerprint density at radius 3 is 2.88 bits per heavy atom. The lowest BCUT2D eigenvalue weighted by molar-refractivity contribution is 0.103. The molecule has 0 aliphatic carbocycles. The van der Waals surface area contributed by atoms with Crippen LogP contribution >= 0.6 is 11.3 Å². The molecule has 1 aromatic heterocycles. The van der Waals surface area contributed by atoms with Crippen LogP contribution in [-0.4, -0.2) is 13.0 Å². The van der Waals surface area contributed by atoms with Gasteiger partial charge in [-0.15, -0.1) is 11.3 Å². The van der Waals surface area contributed by atoms with E-state index in [0.29, 0.717) is 22.0 Å². The second kappa shape index (κ2) is 4.88. The number of nitrogen functional groups attached to an aromatic ring is 1. The van der Waals surface area contributed by atoms with Gasteiger partial charge in [-0.05, 0) is 18.2 Å². The summed E-state index contributed by atoms with van der Waals surface area (Å²) >= 11 is 1.34. The van der Waals surface area contributed by atoms with Crippen LogP contribution in [0.15, 0.2) is 35.7 Å². The van der Waals surface area contributed by atoms with Crippen molar-refractivity contribution in [1.82, 2.24) is 0 Å². The fourth-order valence-electron chi connectivity index (χ4n) is 1.35. The zero-order valence-electron chi connectivity index (χ0n) is 9.27. The van der Waals surface area contributed by atoms with E-state index in [9.17, 15) is 4.79 Å². The summed E-state index contributed by atoms with van der Waals surface area (Å²) in [6, 6.07) is 8.76. The van der Waals surface area contributed by atoms with Crippen LogP contribution in [0.5, 0.6) is 5.75 Å². The number of benzene rings is 1. The van der Waals surface area contributed by atoms with E-state index in [4.69, 9.17) is 10.5 Å². The molecule has 0 aliphatic heterocycles. The van der Waals surface area contributed by atoms with Crippen molar-refractivity contribution in [3.8, 4) is 5.75 Å². The number of amides is 1. The number of nitrogens with one attached hydrogen (secondary N) is 1. The molecule has 2 rings (SSSR count). The molecule has 0 radical (unpaired) electrons. The van der Waals surface area contributed by atoms with Crippen LogP contribution in [0.1, 0.15) is 9.67 Å². The lowest BCUT2D eigenvalue weighted by Gasteiger charge is -2.03. The molecule has 0 fully saturated rings. The van der Waals surface area contributed by atoms with Gasteiger partial charge in [-0.25, -0.2) is 0 Å². The quantitative estimate of drug-likeness (QED) is 0.820. The summed E-state index contributed by atoms with van der Waals surface area (Å²) in [7, 11) is 1.57. The number of thiophene rings is 1. The van der Waals surface area contributed by atoms with Crippen LogP contribution in [-0.2, 0) is 0 Å². The number of carbonyl (C=O) groups excluding carboxylic acids is 1. The molecule has 1 heterocycles. The first-order valence-corrected chi connectivity index (χ1v) is 5.86. The summed E-state index contributed by atoms with van der Waals surface area (Å²) in [5.41, 5.74) is 6.93. The van der Waals surface area contributed by atoms with Crippen molar-refractivity contribution in [3.05, 3.63) is 40.6 Å². The highest BCUT2D eigenvalue weighted by molar-refractivity contribution is 7.12. The molecule has 0 aliphatic rings. The van der Waals surface area contributed by atoms with Gasteiger partial charge in [-0.3, -0.25) is 4.79 Å². The van der Waals surface area contributed by atoms with Crippen molar-refractivity contribution in [1.29, 1.82) is 0 Å². The van der Waals surface area contributed by atoms with E-state index >= 15 is 0 Å². The van der Waals surface area contributed by atoms with Crippen LogP contribution in [0.2, 0.25) is 0 Å². The van der Waals surface area contributed by atoms with Crippen LogP contribution < -0.4 is 15.8 Å². The van der Waals surface area contributed by atoms with Crippen molar-refractivity contribution in [3.63, 3.8) is 0 Å². The molecule has 3 N–H and O–H groups in total. The highest BCUT2D eigenvalue weighted by Crippen LogP contribution is 2.22. The number of hydrogen-bond acceptors (Lipinski definition) is 4. The Balaban J connectivity index is 2.11. The van der Waals surface area contributed by atoms with Crippen LogP contribution in [0.3, 0.4) is 0 Å². The predicted octanol–water partition coefficient (Wildman–Crippen LogP) is 2.59. The Morgan fingerprint density at radius 1 is 1.41 bits per heavy atom. The fourth-order valence-corrected chi connectivity index (χ4v) is 2.10. The van der Waals surface area contributed by atoms with Gasteiger partial charge in [-0.2, -0.15) is 0 Å². The smallest absolute Gasteiger partial charge is 0.265 e. The number of rotatable bonds is 3. The van der Waals surface area contributed by atoms with Gasteiger partial charge in [0, 0.05) is 22.8 Å². The van der Waals surface area contributed by atoms with Gasteiger partial charge in [0.1, 0.15) is 5.75 Å². The molecule has 4 nitrogen and oxygen atoms in total. The number of ether oxygens (including phenoxy) is 1. The Labute approximate surface area is 103 Å². The molecule has 0 bridgehead atoms. The maximum atomic E-state index is 11.9. The topological polar surface area (TPSA) is 64.3 Å². The summed E-state index contributed by atoms with van der Waals surface area (Å²) < 4.78 is 5.02. The van der Waals surface area contributed by atoms with E-state index in [1.54, 1.807) is 42.8 Å². The average molecular weight is 248 g/mol. The summed E-state index contributed by atoms with van der Waals surface area (Å²) in [4.78, 5) is 12.5. The van der Waals surface area contributed by atoms with Crippen LogP contribution in [0, 0.1) is 0 Å². The summed E-state index contributed by atoms with van der Waals surface area (Å²) in [5, 5.41) is 4.56. The second-order valence-electron chi connectivity index (χ2n) is 3.43. The Morgan fingerprint density at radius 2 is 2.24 bits per heavy atom. The van der Waals surface area contributed by atoms with E-state index in [2.05, 4.69) is 5.32 Å². The third-order valence-electron chi connectivity index (χ3n) is 2.18. The third kappa shape index (κ3) is 2.76. The predicted molar refractivity (Wildman–Crippen MR) is 69.7 cm³/mol. The SMILES string of the molecule is COc1csc(C(=O)Nc2cccc(N)c2)c1. The van der Waals surface area contributed by atoms with Crippen molar-refractivity contribution in [2.24, 2.45) is 0 Å². The normalized spacial score (nSPS) is 9.94. The first-order chi connectivity index (χ1) is 8.19. The van der Waals surface area contributed by atoms with Crippen molar-refractivity contribution in [2.45, 2.75) is 0 Å². The highest BCUT2D eigenvalue weighted by atomic mass is 32.1. The highest BCUT2D eigenvalue weighted by Gasteiger charge is 2.09. The Hall–Kier alpha value is -2.01. The molecule has 0 saturated carbocycles. The van der Waals surface area contributed by atoms with Gasteiger partial charge in [-0.1, -0.05) is 6.07 Å². The molecule has 0 spiro atoms. The van der Waals surface area contributed by atoms with E-state index in [1.165, 1.54) is 11.3 Å². The van der Waals surface area contributed by atoms with Crippen LogP contribution in [0.4, 0.5) is 11.4 Å². The number of nitrogens with two attached hydrogens (primary N) is 1. The minimum Gasteiger partial charge on any atom is -0.496 e. The van der Waals surface area contributed by atoms with Crippen molar-refractivity contribution in [2.75, 3.05) is 18.2 Å². The van der Waals surface area contributed by atoms with E-state index < -0.39 is 0 Å². The summed E-state index contributed by atoms with van der Waals surface area (Å²) in [6.07, 6.45) is 0. The van der Waals surface area contributed by atoms with Gasteiger partial charge < -0.3 is 15.8 Å². The molecular weight excluding hydrogens is 236 g/mol. The molecule has 88 valence electrons. The Kier molecular flexibility index (Phi) is 3.30. The minimum atomic E-state index is -0.163. The van der Waals surface area contributed by atoms with Gasteiger partial charge in [0.05, 0.1) is 12.0 Å². The van der Waals surface area contributed by atoms with Gasteiger partial charge in [0.2, 0.25) is 0 Å². The number of anilines is 2. The monoisotopic (exact) mass is 248 g/mol. The van der Waals surface area contributed by atoms with E-state index in [0.717, 1.165) is 0 Å². The lowest BCUT2D eigenvalue weighted by atomic mass is 10.3. The molecule has 1 aromatic carbocycles. The maximum Gasteiger partial charge on any atom is 0.265 e. The maximum absolute atomic E-state index is 11.9.